The Hall–Kier alpha value is -1.14. The maximum absolute atomic E-state index is 11.7. The molecule has 0 bridgehead atoms. The lowest BCUT2D eigenvalue weighted by Gasteiger charge is -2.28. The smallest absolute Gasteiger partial charge is 0.312 e. The van der Waals surface area contributed by atoms with Crippen LogP contribution in [0.1, 0.15) is 6.42 Å². The number of hydrogen-bond acceptors (Lipinski definition) is 6. The summed E-state index contributed by atoms with van der Waals surface area (Å²) in [4.78, 5) is 23.4. The second-order valence-electron chi connectivity index (χ2n) is 4.16. The van der Waals surface area contributed by atoms with E-state index >= 15 is 0 Å². The average Bonchev–Trinajstić information content (AvgIpc) is 2.76. The lowest BCUT2D eigenvalue weighted by Crippen LogP contribution is -2.41. The van der Waals surface area contributed by atoms with Crippen molar-refractivity contribution in [2.45, 2.75) is 18.6 Å². The normalized spacial score (nSPS) is 36.1. The van der Waals surface area contributed by atoms with Crippen molar-refractivity contribution in [2.75, 3.05) is 27.4 Å². The Morgan fingerprint density at radius 2 is 1.71 bits per heavy atom. The SMILES string of the molecule is COC(=O)C1CC2OCCOC2C1C(=O)OC. The fourth-order valence-corrected chi connectivity index (χ4v) is 2.58. The molecule has 0 aromatic heterocycles. The van der Waals surface area contributed by atoms with Crippen LogP contribution in [0.5, 0.6) is 0 Å². The van der Waals surface area contributed by atoms with E-state index in [-0.39, 0.29) is 6.10 Å². The molecule has 96 valence electrons. The van der Waals surface area contributed by atoms with Crippen molar-refractivity contribution in [3.63, 3.8) is 0 Å². The highest BCUT2D eigenvalue weighted by molar-refractivity contribution is 5.83. The van der Waals surface area contributed by atoms with Crippen LogP contribution in [0.3, 0.4) is 0 Å². The first-order chi connectivity index (χ1) is 8.19. The summed E-state index contributed by atoms with van der Waals surface area (Å²) < 4.78 is 20.5. The topological polar surface area (TPSA) is 71.1 Å². The zero-order valence-corrected chi connectivity index (χ0v) is 9.88. The summed E-state index contributed by atoms with van der Waals surface area (Å²) in [5, 5.41) is 0. The minimum atomic E-state index is -0.627. The predicted octanol–water partition coefficient (Wildman–Crippen LogP) is -0.248. The summed E-state index contributed by atoms with van der Waals surface area (Å²) in [5.41, 5.74) is 0. The first kappa shape index (κ1) is 12.3. The first-order valence-corrected chi connectivity index (χ1v) is 5.58. The summed E-state index contributed by atoms with van der Waals surface area (Å²) in [5.74, 6) is -2.03. The summed E-state index contributed by atoms with van der Waals surface area (Å²) in [6.07, 6.45) is -0.186. The summed E-state index contributed by atoms with van der Waals surface area (Å²) >= 11 is 0. The molecule has 1 aliphatic carbocycles. The minimum absolute atomic E-state index is 0.225. The van der Waals surface area contributed by atoms with E-state index in [1.807, 2.05) is 0 Å². The third-order valence-electron chi connectivity index (χ3n) is 3.34. The zero-order chi connectivity index (χ0) is 12.4. The second-order valence-corrected chi connectivity index (χ2v) is 4.16. The Labute approximate surface area is 99.2 Å². The number of carbonyl (C=O) groups excluding carboxylic acids is 2. The number of hydrogen-bond donors (Lipinski definition) is 0. The first-order valence-electron chi connectivity index (χ1n) is 5.58. The predicted molar refractivity (Wildman–Crippen MR) is 55.1 cm³/mol. The molecule has 0 amide bonds. The molecular weight excluding hydrogens is 228 g/mol. The van der Waals surface area contributed by atoms with Gasteiger partial charge in [0.15, 0.2) is 0 Å². The van der Waals surface area contributed by atoms with Crippen molar-refractivity contribution in [3.05, 3.63) is 0 Å². The largest absolute Gasteiger partial charge is 0.469 e. The molecule has 4 unspecified atom stereocenters. The maximum Gasteiger partial charge on any atom is 0.312 e. The maximum atomic E-state index is 11.7. The van der Waals surface area contributed by atoms with Gasteiger partial charge in [-0.3, -0.25) is 9.59 Å². The number of ether oxygens (including phenoxy) is 4. The van der Waals surface area contributed by atoms with E-state index in [0.717, 1.165) is 0 Å². The van der Waals surface area contributed by atoms with Crippen molar-refractivity contribution < 1.29 is 28.5 Å². The van der Waals surface area contributed by atoms with E-state index in [0.29, 0.717) is 19.6 Å². The van der Waals surface area contributed by atoms with Gasteiger partial charge in [-0.15, -0.1) is 0 Å². The third-order valence-corrected chi connectivity index (χ3v) is 3.34. The molecule has 6 nitrogen and oxygen atoms in total. The van der Waals surface area contributed by atoms with Crippen LogP contribution in [-0.4, -0.2) is 51.6 Å². The molecule has 4 atom stereocenters. The van der Waals surface area contributed by atoms with Crippen LogP contribution in [0.2, 0.25) is 0 Å². The van der Waals surface area contributed by atoms with Crippen LogP contribution in [0.4, 0.5) is 0 Å². The van der Waals surface area contributed by atoms with Gasteiger partial charge in [0.05, 0.1) is 51.5 Å². The molecule has 1 aliphatic heterocycles. The highest BCUT2D eigenvalue weighted by atomic mass is 16.6. The molecule has 2 rings (SSSR count). The number of rotatable bonds is 2. The lowest BCUT2D eigenvalue weighted by molar-refractivity contribution is -0.169. The Balaban J connectivity index is 2.20. The molecule has 0 radical (unpaired) electrons. The van der Waals surface area contributed by atoms with Gasteiger partial charge in [0.1, 0.15) is 0 Å². The molecule has 17 heavy (non-hydrogen) atoms. The van der Waals surface area contributed by atoms with Gasteiger partial charge in [-0.2, -0.15) is 0 Å². The summed E-state index contributed by atoms with van der Waals surface area (Å²) in [6.45, 7) is 0.922. The van der Waals surface area contributed by atoms with Gasteiger partial charge in [0.25, 0.3) is 0 Å². The molecule has 1 saturated heterocycles. The molecule has 0 spiro atoms. The Morgan fingerprint density at radius 1 is 1.06 bits per heavy atom. The van der Waals surface area contributed by atoms with E-state index < -0.39 is 29.9 Å². The molecule has 6 heteroatoms. The van der Waals surface area contributed by atoms with Crippen LogP contribution >= 0.6 is 0 Å². The van der Waals surface area contributed by atoms with Gasteiger partial charge in [-0.05, 0) is 6.42 Å². The van der Waals surface area contributed by atoms with Crippen molar-refractivity contribution in [1.82, 2.24) is 0 Å². The lowest BCUT2D eigenvalue weighted by atomic mass is 9.95. The standard InChI is InChI=1S/C11H16O6/c1-14-10(12)6-5-7-9(17-4-3-16-7)8(6)11(13)15-2/h6-9H,3-5H2,1-2H3. The Morgan fingerprint density at radius 3 is 2.35 bits per heavy atom. The van der Waals surface area contributed by atoms with E-state index in [4.69, 9.17) is 18.9 Å². The van der Waals surface area contributed by atoms with Crippen molar-refractivity contribution in [2.24, 2.45) is 11.8 Å². The zero-order valence-electron chi connectivity index (χ0n) is 9.88. The van der Waals surface area contributed by atoms with Gasteiger partial charge in [-0.1, -0.05) is 0 Å². The highest BCUT2D eigenvalue weighted by Crippen LogP contribution is 2.39. The van der Waals surface area contributed by atoms with E-state index in [2.05, 4.69) is 0 Å². The quantitative estimate of drug-likeness (QED) is 0.624. The van der Waals surface area contributed by atoms with Gasteiger partial charge < -0.3 is 18.9 Å². The van der Waals surface area contributed by atoms with Crippen LogP contribution in [0, 0.1) is 11.8 Å². The molecule has 1 heterocycles. The van der Waals surface area contributed by atoms with Crippen LogP contribution < -0.4 is 0 Å². The minimum Gasteiger partial charge on any atom is -0.469 e. The molecule has 1 saturated carbocycles. The third kappa shape index (κ3) is 2.14. The van der Waals surface area contributed by atoms with Crippen molar-refractivity contribution >= 4 is 11.9 Å². The summed E-state index contributed by atoms with van der Waals surface area (Å²) in [6, 6.07) is 0. The van der Waals surface area contributed by atoms with Crippen LogP contribution in [0.15, 0.2) is 0 Å². The molecular formula is C11H16O6. The van der Waals surface area contributed by atoms with E-state index in [1.54, 1.807) is 0 Å². The Bertz CT molecular complexity index is 315. The number of methoxy groups -OCH3 is 2. The van der Waals surface area contributed by atoms with Crippen LogP contribution in [0.25, 0.3) is 0 Å². The fourth-order valence-electron chi connectivity index (χ4n) is 2.58. The highest BCUT2D eigenvalue weighted by Gasteiger charge is 2.53. The molecule has 0 N–H and O–H groups in total. The fraction of sp³-hybridized carbons (Fsp3) is 0.818. The van der Waals surface area contributed by atoms with Crippen molar-refractivity contribution in [3.8, 4) is 0 Å². The average molecular weight is 244 g/mol. The number of carbonyl (C=O) groups is 2. The molecule has 0 aromatic rings. The van der Waals surface area contributed by atoms with E-state index in [1.165, 1.54) is 14.2 Å². The van der Waals surface area contributed by atoms with Gasteiger partial charge in [0, 0.05) is 0 Å². The second kappa shape index (κ2) is 5.01. The van der Waals surface area contributed by atoms with Crippen molar-refractivity contribution in [1.29, 1.82) is 0 Å². The molecule has 2 aliphatic rings. The molecule has 2 fully saturated rings. The monoisotopic (exact) mass is 244 g/mol. The van der Waals surface area contributed by atoms with E-state index in [9.17, 15) is 9.59 Å². The number of fused-ring (bicyclic) bond motifs is 1. The van der Waals surface area contributed by atoms with Gasteiger partial charge >= 0.3 is 11.9 Å². The Kier molecular flexibility index (Phi) is 3.63. The van der Waals surface area contributed by atoms with Gasteiger partial charge in [-0.25, -0.2) is 0 Å². The number of esters is 2. The van der Waals surface area contributed by atoms with Gasteiger partial charge in [0.2, 0.25) is 0 Å². The molecule has 0 aromatic carbocycles. The summed E-state index contributed by atoms with van der Waals surface area (Å²) in [7, 11) is 2.61. The van der Waals surface area contributed by atoms with Crippen LogP contribution in [-0.2, 0) is 28.5 Å².